The maximum Gasteiger partial charge on any atom is 0.226 e. The number of rotatable bonds is 6. The second-order valence-electron chi connectivity index (χ2n) is 5.52. The van der Waals surface area contributed by atoms with Crippen molar-refractivity contribution in [2.75, 3.05) is 11.9 Å². The first kappa shape index (κ1) is 15.4. The van der Waals surface area contributed by atoms with Crippen molar-refractivity contribution in [2.24, 2.45) is 0 Å². The summed E-state index contributed by atoms with van der Waals surface area (Å²) < 4.78 is 0. The van der Waals surface area contributed by atoms with Gasteiger partial charge in [0.05, 0.1) is 0 Å². The summed E-state index contributed by atoms with van der Waals surface area (Å²) >= 11 is 0. The predicted molar refractivity (Wildman–Crippen MR) is 87.3 cm³/mol. The van der Waals surface area contributed by atoms with Crippen molar-refractivity contribution in [3.63, 3.8) is 0 Å². The average molecular weight is 284 g/mol. The van der Waals surface area contributed by atoms with Crippen LogP contribution in [0.4, 0.5) is 5.95 Å². The van der Waals surface area contributed by atoms with E-state index in [0.29, 0.717) is 6.04 Å². The fraction of sp³-hybridized carbons (Fsp3) is 0.412. The van der Waals surface area contributed by atoms with Crippen LogP contribution in [0.3, 0.4) is 0 Å². The summed E-state index contributed by atoms with van der Waals surface area (Å²) in [5.74, 6) is 0.797. The van der Waals surface area contributed by atoms with Crippen LogP contribution in [-0.2, 0) is 13.1 Å². The van der Waals surface area contributed by atoms with Crippen LogP contribution in [-0.4, -0.2) is 23.1 Å². The van der Waals surface area contributed by atoms with Gasteiger partial charge < -0.3 is 10.2 Å². The van der Waals surface area contributed by atoms with Gasteiger partial charge in [0.15, 0.2) is 0 Å². The SMILES string of the molecule is CNCc1cnc(N(Cc2ccccc2)C(C)C)nc1C. The second-order valence-corrected chi connectivity index (χ2v) is 5.52. The molecule has 1 N–H and O–H groups in total. The molecular formula is C17H24N4. The molecule has 4 heteroatoms. The van der Waals surface area contributed by atoms with Crippen molar-refractivity contribution in [1.29, 1.82) is 0 Å². The van der Waals surface area contributed by atoms with Crippen LogP contribution in [0, 0.1) is 6.92 Å². The molecule has 0 radical (unpaired) electrons. The van der Waals surface area contributed by atoms with Crippen LogP contribution in [0.15, 0.2) is 36.5 Å². The predicted octanol–water partition coefficient (Wildman–Crippen LogP) is 2.92. The molecular weight excluding hydrogens is 260 g/mol. The Kier molecular flexibility index (Phi) is 5.28. The smallest absolute Gasteiger partial charge is 0.226 e. The monoisotopic (exact) mass is 284 g/mol. The van der Waals surface area contributed by atoms with Crippen LogP contribution in [0.5, 0.6) is 0 Å². The van der Waals surface area contributed by atoms with Crippen molar-refractivity contribution in [2.45, 2.75) is 39.9 Å². The van der Waals surface area contributed by atoms with Crippen LogP contribution in [0.2, 0.25) is 0 Å². The molecule has 2 aromatic rings. The van der Waals surface area contributed by atoms with E-state index in [-0.39, 0.29) is 0 Å². The zero-order chi connectivity index (χ0) is 15.2. The fourth-order valence-electron chi connectivity index (χ4n) is 2.25. The summed E-state index contributed by atoms with van der Waals surface area (Å²) in [6, 6.07) is 10.8. The maximum absolute atomic E-state index is 4.68. The van der Waals surface area contributed by atoms with Gasteiger partial charge >= 0.3 is 0 Å². The van der Waals surface area contributed by atoms with Gasteiger partial charge in [0, 0.05) is 36.6 Å². The highest BCUT2D eigenvalue weighted by Gasteiger charge is 2.15. The van der Waals surface area contributed by atoms with Crippen molar-refractivity contribution in [1.82, 2.24) is 15.3 Å². The van der Waals surface area contributed by atoms with Gasteiger partial charge in [-0.05, 0) is 33.4 Å². The van der Waals surface area contributed by atoms with Crippen LogP contribution >= 0.6 is 0 Å². The Morgan fingerprint density at radius 3 is 2.48 bits per heavy atom. The molecule has 0 aliphatic heterocycles. The topological polar surface area (TPSA) is 41.1 Å². The molecule has 0 bridgehead atoms. The molecule has 0 saturated carbocycles. The van der Waals surface area contributed by atoms with Crippen molar-refractivity contribution in [3.05, 3.63) is 53.3 Å². The minimum Gasteiger partial charge on any atom is -0.334 e. The molecule has 21 heavy (non-hydrogen) atoms. The molecule has 0 amide bonds. The van der Waals surface area contributed by atoms with Crippen molar-refractivity contribution in [3.8, 4) is 0 Å². The standard InChI is InChI=1S/C17H24N4/c1-13(2)21(12-15-8-6-5-7-9-15)17-19-11-16(10-18-4)14(3)20-17/h5-9,11,13,18H,10,12H2,1-4H3. The molecule has 0 saturated heterocycles. The van der Waals surface area contributed by atoms with Gasteiger partial charge in [0.25, 0.3) is 0 Å². The van der Waals surface area contributed by atoms with E-state index in [9.17, 15) is 0 Å². The Bertz CT molecular complexity index is 566. The Labute approximate surface area is 127 Å². The number of nitrogens with zero attached hydrogens (tertiary/aromatic N) is 3. The second kappa shape index (κ2) is 7.18. The molecule has 1 aromatic heterocycles. The minimum absolute atomic E-state index is 0.347. The Morgan fingerprint density at radius 2 is 1.90 bits per heavy atom. The number of aryl methyl sites for hydroxylation is 1. The molecule has 112 valence electrons. The maximum atomic E-state index is 4.68. The fourth-order valence-corrected chi connectivity index (χ4v) is 2.25. The highest BCUT2D eigenvalue weighted by molar-refractivity contribution is 5.36. The Hall–Kier alpha value is -1.94. The third-order valence-electron chi connectivity index (χ3n) is 3.51. The summed E-state index contributed by atoms with van der Waals surface area (Å²) in [5.41, 5.74) is 3.45. The van der Waals surface area contributed by atoms with Gasteiger partial charge in [0.1, 0.15) is 0 Å². The summed E-state index contributed by atoms with van der Waals surface area (Å²) in [6.45, 7) is 8.00. The Balaban J connectivity index is 2.24. The minimum atomic E-state index is 0.347. The average Bonchev–Trinajstić information content (AvgIpc) is 2.48. The third-order valence-corrected chi connectivity index (χ3v) is 3.51. The zero-order valence-electron chi connectivity index (χ0n) is 13.3. The lowest BCUT2D eigenvalue weighted by molar-refractivity contribution is 0.656. The van der Waals surface area contributed by atoms with Gasteiger partial charge in [-0.25, -0.2) is 9.97 Å². The highest BCUT2D eigenvalue weighted by atomic mass is 15.3. The van der Waals surface area contributed by atoms with Gasteiger partial charge in [-0.1, -0.05) is 30.3 Å². The van der Waals surface area contributed by atoms with Crippen LogP contribution in [0.25, 0.3) is 0 Å². The quantitative estimate of drug-likeness (QED) is 0.885. The van der Waals surface area contributed by atoms with Crippen LogP contribution in [0.1, 0.15) is 30.7 Å². The van der Waals surface area contributed by atoms with E-state index in [2.05, 4.69) is 58.3 Å². The summed E-state index contributed by atoms with van der Waals surface area (Å²) in [5, 5.41) is 3.14. The van der Waals surface area contributed by atoms with E-state index in [1.54, 1.807) is 0 Å². The molecule has 0 fully saturated rings. The number of hydrogen-bond acceptors (Lipinski definition) is 4. The lowest BCUT2D eigenvalue weighted by Gasteiger charge is -2.27. The van der Waals surface area contributed by atoms with E-state index in [4.69, 9.17) is 0 Å². The van der Waals surface area contributed by atoms with E-state index in [1.807, 2.05) is 26.2 Å². The van der Waals surface area contributed by atoms with E-state index in [1.165, 1.54) is 5.56 Å². The lowest BCUT2D eigenvalue weighted by Crippen LogP contribution is -2.32. The summed E-state index contributed by atoms with van der Waals surface area (Å²) in [4.78, 5) is 11.5. The molecule has 1 heterocycles. The molecule has 2 rings (SSSR count). The molecule has 0 spiro atoms. The molecule has 0 aliphatic carbocycles. The summed E-state index contributed by atoms with van der Waals surface area (Å²) in [7, 11) is 1.93. The first-order chi connectivity index (χ1) is 10.1. The van der Waals surface area contributed by atoms with Gasteiger partial charge in [-0.15, -0.1) is 0 Å². The molecule has 0 atom stereocenters. The number of anilines is 1. The molecule has 1 aromatic carbocycles. The van der Waals surface area contributed by atoms with Gasteiger partial charge in [-0.2, -0.15) is 0 Å². The third kappa shape index (κ3) is 4.02. The van der Waals surface area contributed by atoms with Gasteiger partial charge in [0.2, 0.25) is 5.95 Å². The lowest BCUT2D eigenvalue weighted by atomic mass is 10.2. The number of aromatic nitrogens is 2. The number of benzene rings is 1. The molecule has 0 unspecified atom stereocenters. The zero-order valence-corrected chi connectivity index (χ0v) is 13.3. The van der Waals surface area contributed by atoms with Crippen LogP contribution < -0.4 is 10.2 Å². The van der Waals surface area contributed by atoms with Crippen molar-refractivity contribution >= 4 is 5.95 Å². The van der Waals surface area contributed by atoms with E-state index >= 15 is 0 Å². The Morgan fingerprint density at radius 1 is 1.19 bits per heavy atom. The van der Waals surface area contributed by atoms with E-state index in [0.717, 1.165) is 30.3 Å². The summed E-state index contributed by atoms with van der Waals surface area (Å²) in [6.07, 6.45) is 1.93. The largest absolute Gasteiger partial charge is 0.334 e. The molecule has 4 nitrogen and oxygen atoms in total. The van der Waals surface area contributed by atoms with E-state index < -0.39 is 0 Å². The highest BCUT2D eigenvalue weighted by Crippen LogP contribution is 2.17. The normalized spacial score (nSPS) is 10.9. The molecule has 0 aliphatic rings. The number of nitrogens with one attached hydrogen (secondary N) is 1. The first-order valence-electron chi connectivity index (χ1n) is 7.39. The van der Waals surface area contributed by atoms with Gasteiger partial charge in [-0.3, -0.25) is 0 Å². The van der Waals surface area contributed by atoms with Crippen molar-refractivity contribution < 1.29 is 0 Å². The number of hydrogen-bond donors (Lipinski definition) is 1. The first-order valence-corrected chi connectivity index (χ1v) is 7.39.